The highest BCUT2D eigenvalue weighted by Gasteiger charge is 2.24. The summed E-state index contributed by atoms with van der Waals surface area (Å²) >= 11 is 9.71. The minimum Gasteiger partial charge on any atom is -0.481 e. The first-order chi connectivity index (χ1) is 11.6. The number of nitrogens with zero attached hydrogens (tertiary/aromatic N) is 1. The van der Waals surface area contributed by atoms with Crippen LogP contribution in [-0.2, 0) is 4.79 Å². The number of hydrogen-bond acceptors (Lipinski definition) is 4. The van der Waals surface area contributed by atoms with Gasteiger partial charge in [-0.15, -0.1) is 22.7 Å². The Kier molecular flexibility index (Phi) is 6.11. The highest BCUT2D eigenvalue weighted by Crippen LogP contribution is 2.36. The Morgan fingerprint density at radius 1 is 1.38 bits per heavy atom. The normalized spacial score (nSPS) is 19.5. The Hall–Kier alpha value is -1.14. The van der Waals surface area contributed by atoms with Crippen molar-refractivity contribution in [3.8, 4) is 0 Å². The number of likely N-dealkylation sites (tertiary alicyclic amines) is 1. The third-order valence-electron chi connectivity index (χ3n) is 4.30. The lowest BCUT2D eigenvalue weighted by atomic mass is 9.98. The van der Waals surface area contributed by atoms with Gasteiger partial charge in [0.05, 0.1) is 15.8 Å². The molecule has 0 radical (unpaired) electrons. The van der Waals surface area contributed by atoms with Gasteiger partial charge in [-0.05, 0) is 48.7 Å². The molecule has 3 rings (SSSR count). The monoisotopic (exact) mass is 381 g/mol. The largest absolute Gasteiger partial charge is 0.481 e. The van der Waals surface area contributed by atoms with Crippen molar-refractivity contribution < 1.29 is 9.90 Å². The molecule has 0 aromatic carbocycles. The molecule has 0 amide bonds. The summed E-state index contributed by atoms with van der Waals surface area (Å²) in [4.78, 5) is 15.8. The molecule has 0 bridgehead atoms. The number of carboxylic acid groups (broad SMARTS) is 1. The van der Waals surface area contributed by atoms with E-state index in [0.717, 1.165) is 42.3 Å². The van der Waals surface area contributed by atoms with Gasteiger partial charge in [0.2, 0.25) is 0 Å². The number of aliphatic carboxylic acids is 1. The third-order valence-corrected chi connectivity index (χ3v) is 6.57. The summed E-state index contributed by atoms with van der Waals surface area (Å²) in [5, 5.41) is 14.1. The maximum atomic E-state index is 11.2. The molecule has 2 aromatic heterocycles. The smallest absolute Gasteiger partial charge is 0.307 e. The quantitative estimate of drug-likeness (QED) is 0.758. The molecule has 0 spiro atoms. The summed E-state index contributed by atoms with van der Waals surface area (Å²) < 4.78 is 0. The fraction of sp³-hybridized carbons (Fsp3) is 0.389. The molecule has 1 aliphatic rings. The summed E-state index contributed by atoms with van der Waals surface area (Å²) in [6.45, 7) is 2.55. The van der Waals surface area contributed by atoms with E-state index in [1.165, 1.54) is 10.5 Å². The third kappa shape index (κ3) is 4.28. The first-order valence-corrected chi connectivity index (χ1v) is 10.2. The molecule has 3 heterocycles. The number of halogens is 1. The molecule has 24 heavy (non-hydrogen) atoms. The predicted octanol–water partition coefficient (Wildman–Crippen LogP) is 5.08. The zero-order valence-electron chi connectivity index (χ0n) is 13.3. The van der Waals surface area contributed by atoms with Crippen molar-refractivity contribution in [2.24, 2.45) is 5.92 Å². The second-order valence-electron chi connectivity index (χ2n) is 5.96. The van der Waals surface area contributed by atoms with Gasteiger partial charge in [0, 0.05) is 23.5 Å². The van der Waals surface area contributed by atoms with Crippen LogP contribution in [0, 0.1) is 5.92 Å². The van der Waals surface area contributed by atoms with Gasteiger partial charge in [-0.1, -0.05) is 23.7 Å². The van der Waals surface area contributed by atoms with Crippen molar-refractivity contribution >= 4 is 45.8 Å². The first-order valence-electron chi connectivity index (χ1n) is 8.07. The molecule has 1 aliphatic heterocycles. The van der Waals surface area contributed by atoms with Crippen molar-refractivity contribution in [3.05, 3.63) is 49.8 Å². The molecule has 1 N–H and O–H groups in total. The van der Waals surface area contributed by atoms with Crippen LogP contribution in [0.4, 0.5) is 0 Å². The zero-order chi connectivity index (χ0) is 16.9. The van der Waals surface area contributed by atoms with E-state index in [4.69, 9.17) is 11.6 Å². The molecule has 6 heteroatoms. The molecule has 1 atom stereocenters. The van der Waals surface area contributed by atoms with Crippen molar-refractivity contribution in [1.82, 2.24) is 4.90 Å². The van der Waals surface area contributed by atoms with Crippen LogP contribution in [0.2, 0.25) is 5.02 Å². The standard InChI is InChI=1S/C18H20ClNO2S2/c19-15-7-11-24-17(15)14(16-6-3-10-23-16)5-2-9-20-8-1-4-13(12-20)18(21)22/h3,5-7,10-11,13H,1-2,4,8-9,12H2,(H,21,22)/b14-5+. The first kappa shape index (κ1) is 17.7. The molecule has 128 valence electrons. The molecule has 1 fully saturated rings. The van der Waals surface area contributed by atoms with E-state index in [2.05, 4.69) is 28.5 Å². The molecular formula is C18H20ClNO2S2. The number of carboxylic acids is 1. The average molecular weight is 382 g/mol. The Bertz CT molecular complexity index is 708. The van der Waals surface area contributed by atoms with E-state index in [1.54, 1.807) is 22.7 Å². The summed E-state index contributed by atoms with van der Waals surface area (Å²) in [6, 6.07) is 6.11. The minimum atomic E-state index is -0.667. The Morgan fingerprint density at radius 3 is 2.92 bits per heavy atom. The van der Waals surface area contributed by atoms with Crippen molar-refractivity contribution in [1.29, 1.82) is 0 Å². The van der Waals surface area contributed by atoms with Crippen LogP contribution in [0.1, 0.15) is 29.0 Å². The lowest BCUT2D eigenvalue weighted by Crippen LogP contribution is -2.39. The van der Waals surface area contributed by atoms with E-state index < -0.39 is 5.97 Å². The Morgan fingerprint density at radius 2 is 2.25 bits per heavy atom. The molecule has 3 nitrogen and oxygen atoms in total. The van der Waals surface area contributed by atoms with Crippen LogP contribution >= 0.6 is 34.3 Å². The van der Waals surface area contributed by atoms with Gasteiger partial charge in [0.15, 0.2) is 0 Å². The van der Waals surface area contributed by atoms with Crippen LogP contribution in [-0.4, -0.2) is 35.6 Å². The molecule has 1 unspecified atom stereocenters. The minimum absolute atomic E-state index is 0.216. The fourth-order valence-corrected chi connectivity index (χ4v) is 5.13. The van der Waals surface area contributed by atoms with E-state index in [9.17, 15) is 9.90 Å². The second kappa shape index (κ2) is 8.30. The van der Waals surface area contributed by atoms with E-state index in [1.807, 2.05) is 11.4 Å². The molecule has 0 aliphatic carbocycles. The summed E-state index contributed by atoms with van der Waals surface area (Å²) in [6.07, 6.45) is 4.91. The van der Waals surface area contributed by atoms with Gasteiger partial charge in [-0.3, -0.25) is 4.79 Å². The van der Waals surface area contributed by atoms with Gasteiger partial charge >= 0.3 is 5.97 Å². The number of rotatable bonds is 6. The molecule has 2 aromatic rings. The maximum absolute atomic E-state index is 11.2. The van der Waals surface area contributed by atoms with E-state index in [-0.39, 0.29) is 5.92 Å². The Labute approximate surface area is 155 Å². The lowest BCUT2D eigenvalue weighted by molar-refractivity contribution is -0.143. The predicted molar refractivity (Wildman–Crippen MR) is 102 cm³/mol. The fourth-order valence-electron chi connectivity index (χ4n) is 3.07. The SMILES string of the molecule is O=C(O)C1CCCN(CC/C=C(\c2cccs2)c2sccc2Cl)C1. The van der Waals surface area contributed by atoms with Gasteiger partial charge in [-0.2, -0.15) is 0 Å². The highest BCUT2D eigenvalue weighted by atomic mass is 35.5. The van der Waals surface area contributed by atoms with Crippen LogP contribution in [0.25, 0.3) is 5.57 Å². The van der Waals surface area contributed by atoms with Crippen LogP contribution in [0.3, 0.4) is 0 Å². The van der Waals surface area contributed by atoms with Gasteiger partial charge in [0.25, 0.3) is 0 Å². The van der Waals surface area contributed by atoms with Crippen molar-refractivity contribution in [2.75, 3.05) is 19.6 Å². The van der Waals surface area contributed by atoms with Crippen LogP contribution in [0.15, 0.2) is 35.0 Å². The van der Waals surface area contributed by atoms with Crippen molar-refractivity contribution in [2.45, 2.75) is 19.3 Å². The maximum Gasteiger partial charge on any atom is 0.307 e. The Balaban J connectivity index is 1.68. The van der Waals surface area contributed by atoms with Crippen LogP contribution < -0.4 is 0 Å². The molecule has 0 saturated carbocycles. The summed E-state index contributed by atoms with van der Waals surface area (Å²) in [5.41, 5.74) is 1.19. The zero-order valence-corrected chi connectivity index (χ0v) is 15.7. The van der Waals surface area contributed by atoms with E-state index in [0.29, 0.717) is 6.54 Å². The lowest BCUT2D eigenvalue weighted by Gasteiger charge is -2.30. The van der Waals surface area contributed by atoms with Crippen molar-refractivity contribution in [3.63, 3.8) is 0 Å². The number of carbonyl (C=O) groups is 1. The molecular weight excluding hydrogens is 362 g/mol. The molecule has 1 saturated heterocycles. The van der Waals surface area contributed by atoms with Gasteiger partial charge < -0.3 is 10.0 Å². The average Bonchev–Trinajstić information content (AvgIpc) is 3.24. The summed E-state index contributed by atoms with van der Waals surface area (Å²) in [7, 11) is 0. The van der Waals surface area contributed by atoms with Gasteiger partial charge in [-0.25, -0.2) is 0 Å². The highest BCUT2D eigenvalue weighted by molar-refractivity contribution is 7.14. The van der Waals surface area contributed by atoms with Crippen LogP contribution in [0.5, 0.6) is 0 Å². The topological polar surface area (TPSA) is 40.5 Å². The summed E-state index contributed by atoms with van der Waals surface area (Å²) in [5.74, 6) is -0.883. The van der Waals surface area contributed by atoms with E-state index >= 15 is 0 Å². The van der Waals surface area contributed by atoms with Gasteiger partial charge in [0.1, 0.15) is 0 Å². The number of hydrogen-bond donors (Lipinski definition) is 1. The number of piperidine rings is 1. The number of thiophene rings is 2. The second-order valence-corrected chi connectivity index (χ2v) is 8.23.